The van der Waals surface area contributed by atoms with Crippen molar-refractivity contribution in [2.75, 3.05) is 13.2 Å². The van der Waals surface area contributed by atoms with E-state index in [1.807, 2.05) is 13.0 Å². The van der Waals surface area contributed by atoms with Gasteiger partial charge in [0.2, 0.25) is 5.91 Å². The van der Waals surface area contributed by atoms with Gasteiger partial charge in [0.1, 0.15) is 5.58 Å². The third-order valence-corrected chi connectivity index (χ3v) is 4.83. The number of nitrogens with one attached hydrogen (secondary N) is 1. The molecule has 1 amide bonds. The monoisotopic (exact) mass is 345 g/mol. The number of fused-ring (bicyclic) bond motifs is 1. The van der Waals surface area contributed by atoms with Gasteiger partial charge in [-0.2, -0.15) is 0 Å². The Morgan fingerprint density at radius 2 is 2.12 bits per heavy atom. The van der Waals surface area contributed by atoms with Crippen molar-refractivity contribution >= 4 is 22.8 Å². The van der Waals surface area contributed by atoms with E-state index in [0.29, 0.717) is 12.5 Å². The number of carboxylic acids is 1. The SMILES string of the molecule is Cc1cc2occ(CC(=O)NC3(C(=O)O)CCOC3)c2cc1C(C)C. The van der Waals surface area contributed by atoms with Crippen LogP contribution in [-0.4, -0.2) is 35.7 Å². The topological polar surface area (TPSA) is 88.8 Å². The summed E-state index contributed by atoms with van der Waals surface area (Å²) < 4.78 is 10.8. The maximum Gasteiger partial charge on any atom is 0.331 e. The van der Waals surface area contributed by atoms with Crippen LogP contribution < -0.4 is 5.32 Å². The number of benzene rings is 1. The van der Waals surface area contributed by atoms with Gasteiger partial charge in [-0.1, -0.05) is 13.8 Å². The van der Waals surface area contributed by atoms with Crippen molar-refractivity contribution in [2.24, 2.45) is 0 Å². The molecule has 2 N–H and O–H groups in total. The lowest BCUT2D eigenvalue weighted by Crippen LogP contribution is -2.55. The van der Waals surface area contributed by atoms with Gasteiger partial charge in [0.15, 0.2) is 5.54 Å². The van der Waals surface area contributed by atoms with E-state index in [1.54, 1.807) is 6.26 Å². The summed E-state index contributed by atoms with van der Waals surface area (Å²) in [5.74, 6) is -1.04. The predicted octanol–water partition coefficient (Wildman–Crippen LogP) is 2.77. The first kappa shape index (κ1) is 17.5. The largest absolute Gasteiger partial charge is 0.479 e. The van der Waals surface area contributed by atoms with Gasteiger partial charge in [0, 0.05) is 24.0 Å². The number of carbonyl (C=O) groups excluding carboxylic acids is 1. The highest BCUT2D eigenvalue weighted by atomic mass is 16.5. The van der Waals surface area contributed by atoms with Gasteiger partial charge >= 0.3 is 5.97 Å². The Hall–Kier alpha value is -2.34. The summed E-state index contributed by atoms with van der Waals surface area (Å²) in [6.07, 6.45) is 1.92. The molecule has 1 aliphatic heterocycles. The van der Waals surface area contributed by atoms with E-state index < -0.39 is 11.5 Å². The standard InChI is InChI=1S/C19H23NO5/c1-11(2)14-8-15-13(9-25-16(15)6-12(14)3)7-17(21)20-19(18(22)23)4-5-24-10-19/h6,8-9,11H,4-5,7,10H2,1-3H3,(H,20,21)(H,22,23). The minimum absolute atomic E-state index is 0.00308. The summed E-state index contributed by atoms with van der Waals surface area (Å²) in [4.78, 5) is 24.0. The number of aryl methyl sites for hydroxylation is 1. The van der Waals surface area contributed by atoms with Crippen molar-refractivity contribution in [1.29, 1.82) is 0 Å². The molecule has 6 heteroatoms. The van der Waals surface area contributed by atoms with Crippen LogP contribution in [0.4, 0.5) is 0 Å². The lowest BCUT2D eigenvalue weighted by Gasteiger charge is -2.23. The Bertz CT molecular complexity index is 815. The van der Waals surface area contributed by atoms with Crippen LogP contribution in [0.1, 0.15) is 42.9 Å². The predicted molar refractivity (Wildman–Crippen MR) is 92.7 cm³/mol. The van der Waals surface area contributed by atoms with Crippen LogP contribution in [0.3, 0.4) is 0 Å². The molecule has 6 nitrogen and oxygen atoms in total. The first-order valence-electron chi connectivity index (χ1n) is 8.45. The number of carbonyl (C=O) groups is 2. The average molecular weight is 345 g/mol. The smallest absolute Gasteiger partial charge is 0.331 e. The molecule has 1 saturated heterocycles. The van der Waals surface area contributed by atoms with Crippen LogP contribution in [0.15, 0.2) is 22.8 Å². The number of carboxylic acid groups (broad SMARTS) is 1. The molecule has 0 spiro atoms. The Kier molecular flexibility index (Phi) is 4.56. The number of hydrogen-bond acceptors (Lipinski definition) is 4. The van der Waals surface area contributed by atoms with Gasteiger partial charge in [-0.05, 0) is 36.1 Å². The molecule has 0 aliphatic carbocycles. The van der Waals surface area contributed by atoms with E-state index in [-0.39, 0.29) is 25.4 Å². The molecule has 1 unspecified atom stereocenters. The lowest BCUT2D eigenvalue weighted by molar-refractivity contribution is -0.147. The summed E-state index contributed by atoms with van der Waals surface area (Å²) >= 11 is 0. The van der Waals surface area contributed by atoms with Gasteiger partial charge in [0.25, 0.3) is 0 Å². The molecular formula is C19H23NO5. The Morgan fingerprint density at radius 3 is 2.72 bits per heavy atom. The van der Waals surface area contributed by atoms with Crippen LogP contribution in [0, 0.1) is 6.92 Å². The van der Waals surface area contributed by atoms with Crippen molar-refractivity contribution in [2.45, 2.75) is 45.1 Å². The molecule has 1 aromatic carbocycles. The second-order valence-electron chi connectivity index (χ2n) is 7.04. The highest BCUT2D eigenvalue weighted by Crippen LogP contribution is 2.29. The first-order chi connectivity index (χ1) is 11.8. The second-order valence-corrected chi connectivity index (χ2v) is 7.04. The molecule has 1 atom stereocenters. The zero-order chi connectivity index (χ0) is 18.2. The summed E-state index contributed by atoms with van der Waals surface area (Å²) in [6, 6.07) is 4.04. The molecule has 1 aromatic heterocycles. The zero-order valence-electron chi connectivity index (χ0n) is 14.7. The maximum absolute atomic E-state index is 12.4. The summed E-state index contributed by atoms with van der Waals surface area (Å²) in [6.45, 7) is 6.62. The van der Waals surface area contributed by atoms with Crippen LogP contribution >= 0.6 is 0 Å². The minimum atomic E-state index is -1.32. The molecule has 3 rings (SSSR count). The van der Waals surface area contributed by atoms with Crippen LogP contribution in [0.2, 0.25) is 0 Å². The van der Waals surface area contributed by atoms with Crippen molar-refractivity contribution in [1.82, 2.24) is 5.32 Å². The third kappa shape index (κ3) is 3.26. The fourth-order valence-electron chi connectivity index (χ4n) is 3.37. The summed E-state index contributed by atoms with van der Waals surface area (Å²) in [7, 11) is 0. The Balaban J connectivity index is 1.84. The van der Waals surface area contributed by atoms with Crippen molar-refractivity contribution in [3.63, 3.8) is 0 Å². The number of furan rings is 1. The van der Waals surface area contributed by atoms with E-state index >= 15 is 0 Å². The molecule has 0 saturated carbocycles. The fraction of sp³-hybridized carbons (Fsp3) is 0.474. The average Bonchev–Trinajstić information content (AvgIpc) is 3.14. The second kappa shape index (κ2) is 6.52. The van der Waals surface area contributed by atoms with Gasteiger partial charge in [-0.15, -0.1) is 0 Å². The van der Waals surface area contributed by atoms with E-state index in [1.165, 1.54) is 5.56 Å². The molecule has 134 valence electrons. The van der Waals surface area contributed by atoms with Gasteiger partial charge in [-0.3, -0.25) is 4.79 Å². The van der Waals surface area contributed by atoms with Gasteiger partial charge in [0.05, 0.1) is 19.3 Å². The van der Waals surface area contributed by atoms with Crippen LogP contribution in [0.5, 0.6) is 0 Å². The van der Waals surface area contributed by atoms with E-state index in [4.69, 9.17) is 9.15 Å². The summed E-state index contributed by atoms with van der Waals surface area (Å²) in [5, 5.41) is 13.0. The van der Waals surface area contributed by atoms with Gasteiger partial charge < -0.3 is 19.6 Å². The molecule has 2 heterocycles. The quantitative estimate of drug-likeness (QED) is 0.870. The first-order valence-corrected chi connectivity index (χ1v) is 8.45. The third-order valence-electron chi connectivity index (χ3n) is 4.83. The minimum Gasteiger partial charge on any atom is -0.479 e. The molecule has 1 aliphatic rings. The van der Waals surface area contributed by atoms with Crippen molar-refractivity contribution < 1.29 is 23.8 Å². The van der Waals surface area contributed by atoms with Crippen LogP contribution in [-0.2, 0) is 20.7 Å². The zero-order valence-corrected chi connectivity index (χ0v) is 14.7. The van der Waals surface area contributed by atoms with Crippen molar-refractivity contribution in [3.05, 3.63) is 35.1 Å². The molecule has 2 aromatic rings. The lowest BCUT2D eigenvalue weighted by atomic mass is 9.95. The van der Waals surface area contributed by atoms with Gasteiger partial charge in [-0.25, -0.2) is 4.79 Å². The van der Waals surface area contributed by atoms with E-state index in [9.17, 15) is 14.7 Å². The Labute approximate surface area is 146 Å². The molecule has 1 fully saturated rings. The number of ether oxygens (including phenoxy) is 1. The number of hydrogen-bond donors (Lipinski definition) is 2. The molecule has 0 radical (unpaired) electrons. The van der Waals surface area contributed by atoms with E-state index in [0.717, 1.165) is 22.1 Å². The summed E-state index contributed by atoms with van der Waals surface area (Å²) in [5.41, 5.74) is 2.54. The maximum atomic E-state index is 12.4. The molecular weight excluding hydrogens is 322 g/mol. The number of rotatable bonds is 5. The molecule has 25 heavy (non-hydrogen) atoms. The normalized spacial score (nSPS) is 20.3. The highest BCUT2D eigenvalue weighted by Gasteiger charge is 2.43. The molecule has 0 bridgehead atoms. The Morgan fingerprint density at radius 1 is 1.36 bits per heavy atom. The van der Waals surface area contributed by atoms with Crippen LogP contribution in [0.25, 0.3) is 11.0 Å². The number of amides is 1. The fourth-order valence-corrected chi connectivity index (χ4v) is 3.37. The van der Waals surface area contributed by atoms with Crippen molar-refractivity contribution in [3.8, 4) is 0 Å². The van der Waals surface area contributed by atoms with E-state index in [2.05, 4.69) is 25.2 Å². The number of aliphatic carboxylic acids is 1. The highest BCUT2D eigenvalue weighted by molar-refractivity contribution is 5.92.